The van der Waals surface area contributed by atoms with Crippen LogP contribution in [-0.4, -0.2) is 15.0 Å². The minimum atomic E-state index is -0.228. The summed E-state index contributed by atoms with van der Waals surface area (Å²) < 4.78 is 13.7. The molecule has 90 valence electrons. The molecule has 0 radical (unpaired) electrons. The second kappa shape index (κ2) is 4.49. The monoisotopic (exact) mass is 305 g/mol. The fraction of sp³-hybridized carbons (Fsp3) is 0.0769. The molecule has 0 aliphatic rings. The Kier molecular flexibility index (Phi) is 2.83. The summed E-state index contributed by atoms with van der Waals surface area (Å²) in [7, 11) is 0. The number of hydrogen-bond donors (Lipinski definition) is 1. The van der Waals surface area contributed by atoms with E-state index in [-0.39, 0.29) is 5.82 Å². The van der Waals surface area contributed by atoms with Gasteiger partial charge in [-0.3, -0.25) is 0 Å². The number of benzene rings is 1. The van der Waals surface area contributed by atoms with Crippen LogP contribution in [0.4, 0.5) is 4.39 Å². The number of nitrogens with one attached hydrogen (secondary N) is 1. The number of aromatic amines is 1. The fourth-order valence-electron chi connectivity index (χ4n) is 1.80. The predicted molar refractivity (Wildman–Crippen MR) is 70.8 cm³/mol. The second-order valence-corrected chi connectivity index (χ2v) is 4.93. The maximum Gasteiger partial charge on any atom is 0.177 e. The van der Waals surface area contributed by atoms with Gasteiger partial charge in [0.25, 0.3) is 0 Å². The molecule has 1 aromatic carbocycles. The van der Waals surface area contributed by atoms with Gasteiger partial charge in [0.1, 0.15) is 11.6 Å². The van der Waals surface area contributed by atoms with Crippen LogP contribution in [0.15, 0.2) is 41.0 Å². The Morgan fingerprint density at radius 3 is 2.78 bits per heavy atom. The summed E-state index contributed by atoms with van der Waals surface area (Å²) in [4.78, 5) is 11.8. The fourth-order valence-corrected chi connectivity index (χ4v) is 2.13. The molecule has 18 heavy (non-hydrogen) atoms. The summed E-state index contributed by atoms with van der Waals surface area (Å²) in [6.07, 6.45) is 2.35. The summed E-state index contributed by atoms with van der Waals surface area (Å²) in [6, 6.07) is 8.35. The van der Waals surface area contributed by atoms with Crippen molar-refractivity contribution in [3.8, 4) is 0 Å². The number of aromatic nitrogens is 3. The van der Waals surface area contributed by atoms with E-state index in [0.717, 1.165) is 21.4 Å². The molecule has 5 heteroatoms. The highest BCUT2D eigenvalue weighted by Gasteiger charge is 2.05. The average Bonchev–Trinajstić information content (AvgIpc) is 2.73. The zero-order valence-electron chi connectivity index (χ0n) is 9.32. The lowest BCUT2D eigenvalue weighted by molar-refractivity contribution is 0.627. The molecule has 3 rings (SSSR count). The first-order valence-corrected chi connectivity index (χ1v) is 6.24. The van der Waals surface area contributed by atoms with E-state index in [1.807, 2.05) is 6.07 Å². The van der Waals surface area contributed by atoms with Gasteiger partial charge in [-0.05, 0) is 39.7 Å². The first-order valence-electron chi connectivity index (χ1n) is 5.45. The molecule has 0 spiro atoms. The first-order chi connectivity index (χ1) is 8.70. The van der Waals surface area contributed by atoms with Gasteiger partial charge in [-0.25, -0.2) is 14.4 Å². The summed E-state index contributed by atoms with van der Waals surface area (Å²) in [5.41, 5.74) is 2.59. The van der Waals surface area contributed by atoms with Crippen molar-refractivity contribution >= 4 is 27.1 Å². The van der Waals surface area contributed by atoms with Crippen molar-refractivity contribution in [1.82, 2.24) is 15.0 Å². The van der Waals surface area contributed by atoms with Crippen molar-refractivity contribution in [2.45, 2.75) is 6.42 Å². The Balaban J connectivity index is 1.92. The van der Waals surface area contributed by atoms with Gasteiger partial charge in [0.2, 0.25) is 0 Å². The van der Waals surface area contributed by atoms with Crippen LogP contribution in [0.25, 0.3) is 11.2 Å². The van der Waals surface area contributed by atoms with Gasteiger partial charge in [0, 0.05) is 17.1 Å². The lowest BCUT2D eigenvalue weighted by Crippen LogP contribution is -1.90. The van der Waals surface area contributed by atoms with Crippen LogP contribution in [0.1, 0.15) is 11.4 Å². The van der Waals surface area contributed by atoms with Crippen molar-refractivity contribution < 1.29 is 4.39 Å². The number of hydrogen-bond acceptors (Lipinski definition) is 2. The Labute approximate surface area is 111 Å². The summed E-state index contributed by atoms with van der Waals surface area (Å²) in [5.74, 6) is 0.594. The topological polar surface area (TPSA) is 41.6 Å². The minimum absolute atomic E-state index is 0.228. The lowest BCUT2D eigenvalue weighted by Gasteiger charge is -1.97. The van der Waals surface area contributed by atoms with E-state index >= 15 is 0 Å². The van der Waals surface area contributed by atoms with Crippen LogP contribution >= 0.6 is 15.9 Å². The van der Waals surface area contributed by atoms with Crippen molar-refractivity contribution in [3.63, 3.8) is 0 Å². The van der Waals surface area contributed by atoms with Gasteiger partial charge < -0.3 is 4.98 Å². The van der Waals surface area contributed by atoms with E-state index in [2.05, 4.69) is 30.9 Å². The van der Waals surface area contributed by atoms with E-state index in [0.29, 0.717) is 12.1 Å². The van der Waals surface area contributed by atoms with Crippen LogP contribution in [0, 0.1) is 5.82 Å². The van der Waals surface area contributed by atoms with Gasteiger partial charge in [-0.2, -0.15) is 0 Å². The molecule has 0 saturated carbocycles. The summed E-state index contributed by atoms with van der Waals surface area (Å²) in [6.45, 7) is 0. The van der Waals surface area contributed by atoms with Crippen LogP contribution in [0.5, 0.6) is 0 Å². The van der Waals surface area contributed by atoms with Gasteiger partial charge in [0.15, 0.2) is 5.65 Å². The molecule has 0 amide bonds. The molecule has 3 nitrogen and oxygen atoms in total. The molecule has 3 aromatic rings. The molecular formula is C13H9BrFN3. The zero-order chi connectivity index (χ0) is 12.5. The number of H-pyrrole nitrogens is 1. The SMILES string of the molecule is Fc1ccc(Cc2nc3ncc(Br)cc3[nH]2)cc1. The molecule has 0 saturated heterocycles. The minimum Gasteiger partial charge on any atom is -0.340 e. The Bertz CT molecular complexity index is 691. The molecule has 1 N–H and O–H groups in total. The molecule has 0 fully saturated rings. The number of imidazole rings is 1. The normalized spacial score (nSPS) is 11.0. The zero-order valence-corrected chi connectivity index (χ0v) is 10.9. The van der Waals surface area contributed by atoms with Gasteiger partial charge in [-0.1, -0.05) is 12.1 Å². The van der Waals surface area contributed by atoms with E-state index < -0.39 is 0 Å². The van der Waals surface area contributed by atoms with Crippen LogP contribution < -0.4 is 0 Å². The smallest absolute Gasteiger partial charge is 0.177 e. The van der Waals surface area contributed by atoms with E-state index in [9.17, 15) is 4.39 Å². The Morgan fingerprint density at radius 2 is 2.00 bits per heavy atom. The molecule has 0 bridgehead atoms. The van der Waals surface area contributed by atoms with Gasteiger partial charge in [0.05, 0.1) is 5.52 Å². The first kappa shape index (κ1) is 11.3. The van der Waals surface area contributed by atoms with E-state index in [1.54, 1.807) is 18.3 Å². The molecule has 0 unspecified atom stereocenters. The highest BCUT2D eigenvalue weighted by molar-refractivity contribution is 9.10. The quantitative estimate of drug-likeness (QED) is 0.788. The maximum atomic E-state index is 12.8. The largest absolute Gasteiger partial charge is 0.340 e. The summed E-state index contributed by atoms with van der Waals surface area (Å²) in [5, 5.41) is 0. The number of pyridine rings is 1. The van der Waals surface area contributed by atoms with Gasteiger partial charge in [-0.15, -0.1) is 0 Å². The maximum absolute atomic E-state index is 12.8. The highest BCUT2D eigenvalue weighted by Crippen LogP contribution is 2.16. The average molecular weight is 306 g/mol. The predicted octanol–water partition coefficient (Wildman–Crippen LogP) is 3.45. The lowest BCUT2D eigenvalue weighted by atomic mass is 10.1. The van der Waals surface area contributed by atoms with Crippen molar-refractivity contribution in [2.24, 2.45) is 0 Å². The van der Waals surface area contributed by atoms with Crippen LogP contribution in [-0.2, 0) is 6.42 Å². The van der Waals surface area contributed by atoms with Gasteiger partial charge >= 0.3 is 0 Å². The second-order valence-electron chi connectivity index (χ2n) is 4.01. The number of halogens is 2. The number of rotatable bonds is 2. The molecule has 2 aromatic heterocycles. The highest BCUT2D eigenvalue weighted by atomic mass is 79.9. The Morgan fingerprint density at radius 1 is 1.22 bits per heavy atom. The van der Waals surface area contributed by atoms with Crippen molar-refractivity contribution in [1.29, 1.82) is 0 Å². The molecule has 0 atom stereocenters. The third kappa shape index (κ3) is 2.26. The molecular weight excluding hydrogens is 297 g/mol. The third-order valence-electron chi connectivity index (χ3n) is 2.64. The molecule has 0 aliphatic heterocycles. The van der Waals surface area contributed by atoms with Crippen LogP contribution in [0.3, 0.4) is 0 Å². The van der Waals surface area contributed by atoms with E-state index in [4.69, 9.17) is 0 Å². The van der Waals surface area contributed by atoms with Crippen LogP contribution in [0.2, 0.25) is 0 Å². The standard InChI is InChI=1S/C13H9BrFN3/c14-9-6-11-13(16-7-9)18-12(17-11)5-8-1-3-10(15)4-2-8/h1-4,6-7H,5H2,(H,16,17,18). The molecule has 2 heterocycles. The Hall–Kier alpha value is -1.75. The number of nitrogens with zero attached hydrogens (tertiary/aromatic N) is 2. The van der Waals surface area contributed by atoms with E-state index in [1.165, 1.54) is 12.1 Å². The van der Waals surface area contributed by atoms with Crippen molar-refractivity contribution in [3.05, 3.63) is 58.2 Å². The third-order valence-corrected chi connectivity index (χ3v) is 3.07. The summed E-state index contributed by atoms with van der Waals surface area (Å²) >= 11 is 3.36. The van der Waals surface area contributed by atoms with Crippen molar-refractivity contribution in [2.75, 3.05) is 0 Å². The molecule has 0 aliphatic carbocycles. The number of fused-ring (bicyclic) bond motifs is 1.